The van der Waals surface area contributed by atoms with Crippen LogP contribution >= 0.6 is 0 Å². The van der Waals surface area contributed by atoms with Crippen molar-refractivity contribution in [3.05, 3.63) is 47.8 Å². The molecule has 2 N–H and O–H groups in total. The van der Waals surface area contributed by atoms with Gasteiger partial charge in [0, 0.05) is 42.6 Å². The Hall–Kier alpha value is -2.30. The van der Waals surface area contributed by atoms with E-state index >= 15 is 0 Å². The third-order valence-corrected chi connectivity index (χ3v) is 3.27. The maximum absolute atomic E-state index is 12.0. The van der Waals surface area contributed by atoms with Crippen molar-refractivity contribution in [2.75, 3.05) is 18.0 Å². The number of anilines is 1. The van der Waals surface area contributed by atoms with Gasteiger partial charge in [-0.1, -0.05) is 0 Å². The second-order valence-corrected chi connectivity index (χ2v) is 4.51. The predicted molar refractivity (Wildman–Crippen MR) is 79.8 cm³/mol. The Bertz CT molecular complexity index is 530. The minimum absolute atomic E-state index is 0.0719. The summed E-state index contributed by atoms with van der Waals surface area (Å²) in [6, 6.07) is 7.69. The van der Waals surface area contributed by atoms with Crippen molar-refractivity contribution in [1.82, 2.24) is 15.5 Å². The molecule has 0 atom stereocenters. The molecule has 1 heterocycles. The highest BCUT2D eigenvalue weighted by Gasteiger charge is 2.07. The highest BCUT2D eigenvalue weighted by Crippen LogP contribution is 2.14. The molecule has 0 unspecified atom stereocenters. The van der Waals surface area contributed by atoms with E-state index < -0.39 is 0 Å². The van der Waals surface area contributed by atoms with Crippen molar-refractivity contribution >= 4 is 11.6 Å². The van der Waals surface area contributed by atoms with Crippen molar-refractivity contribution < 1.29 is 4.79 Å². The van der Waals surface area contributed by atoms with Crippen LogP contribution in [0.2, 0.25) is 0 Å². The number of amides is 1. The van der Waals surface area contributed by atoms with E-state index in [9.17, 15) is 4.79 Å². The number of H-pyrrole nitrogens is 1. The van der Waals surface area contributed by atoms with Gasteiger partial charge in [0.2, 0.25) is 0 Å². The van der Waals surface area contributed by atoms with Gasteiger partial charge in [0.1, 0.15) is 0 Å². The highest BCUT2D eigenvalue weighted by atomic mass is 16.1. The lowest BCUT2D eigenvalue weighted by Gasteiger charge is -2.21. The molecule has 5 nitrogen and oxygen atoms in total. The Balaban J connectivity index is 1.96. The Morgan fingerprint density at radius 1 is 1.25 bits per heavy atom. The van der Waals surface area contributed by atoms with Gasteiger partial charge in [0.25, 0.3) is 5.91 Å². The molecule has 1 amide bonds. The van der Waals surface area contributed by atoms with Crippen LogP contribution in [0.3, 0.4) is 0 Å². The lowest BCUT2D eigenvalue weighted by Crippen LogP contribution is -2.24. The van der Waals surface area contributed by atoms with Crippen LogP contribution in [0.4, 0.5) is 5.69 Å². The zero-order chi connectivity index (χ0) is 14.4. The monoisotopic (exact) mass is 272 g/mol. The van der Waals surface area contributed by atoms with Gasteiger partial charge in [0.15, 0.2) is 0 Å². The van der Waals surface area contributed by atoms with Crippen molar-refractivity contribution in [3.63, 3.8) is 0 Å². The van der Waals surface area contributed by atoms with Gasteiger partial charge in [-0.15, -0.1) is 0 Å². The Kier molecular flexibility index (Phi) is 4.76. The number of rotatable bonds is 6. The molecule has 0 spiro atoms. The summed E-state index contributed by atoms with van der Waals surface area (Å²) in [5.41, 5.74) is 2.77. The maximum atomic E-state index is 12.0. The highest BCUT2D eigenvalue weighted by molar-refractivity contribution is 5.94. The molecule has 2 aromatic rings. The number of aromatic nitrogens is 2. The van der Waals surface area contributed by atoms with E-state index in [2.05, 4.69) is 34.3 Å². The molecule has 0 aliphatic heterocycles. The van der Waals surface area contributed by atoms with Crippen LogP contribution < -0.4 is 10.2 Å². The minimum atomic E-state index is -0.0719. The average molecular weight is 272 g/mol. The first kappa shape index (κ1) is 14.1. The standard InChI is InChI=1S/C15H20N4O/c1-3-19(4-2)14-7-5-13(6-8-14)15(20)16-9-12-10-17-18-11-12/h5-8,10-11H,3-4,9H2,1-2H3,(H,16,20)(H,17,18). The molecule has 0 bridgehead atoms. The fourth-order valence-corrected chi connectivity index (χ4v) is 2.07. The molecule has 0 aliphatic rings. The number of aromatic amines is 1. The summed E-state index contributed by atoms with van der Waals surface area (Å²) in [5, 5.41) is 9.43. The molecule has 5 heteroatoms. The zero-order valence-corrected chi connectivity index (χ0v) is 11.9. The smallest absolute Gasteiger partial charge is 0.251 e. The summed E-state index contributed by atoms with van der Waals surface area (Å²) in [6.45, 7) is 6.64. The molecule has 0 radical (unpaired) electrons. The zero-order valence-electron chi connectivity index (χ0n) is 11.9. The number of hydrogen-bond acceptors (Lipinski definition) is 3. The first-order valence-electron chi connectivity index (χ1n) is 6.85. The second-order valence-electron chi connectivity index (χ2n) is 4.51. The van der Waals surface area contributed by atoms with Gasteiger partial charge in [-0.3, -0.25) is 9.89 Å². The molecule has 0 saturated heterocycles. The van der Waals surface area contributed by atoms with Gasteiger partial charge in [-0.05, 0) is 38.1 Å². The first-order valence-corrected chi connectivity index (χ1v) is 6.85. The quantitative estimate of drug-likeness (QED) is 0.847. The van der Waals surface area contributed by atoms with Crippen LogP contribution in [0.5, 0.6) is 0 Å². The van der Waals surface area contributed by atoms with Crippen LogP contribution in [0.1, 0.15) is 29.8 Å². The molecule has 0 saturated carbocycles. The molecular formula is C15H20N4O. The van der Waals surface area contributed by atoms with Crippen LogP contribution in [0.15, 0.2) is 36.7 Å². The summed E-state index contributed by atoms with van der Waals surface area (Å²) in [7, 11) is 0. The van der Waals surface area contributed by atoms with E-state index in [1.807, 2.05) is 24.3 Å². The Labute approximate surface area is 119 Å². The normalized spacial score (nSPS) is 10.3. The minimum Gasteiger partial charge on any atom is -0.372 e. The molecule has 1 aromatic carbocycles. The topological polar surface area (TPSA) is 61.0 Å². The van der Waals surface area contributed by atoms with Gasteiger partial charge in [0.05, 0.1) is 6.20 Å². The van der Waals surface area contributed by atoms with Crippen LogP contribution in [0, 0.1) is 0 Å². The largest absolute Gasteiger partial charge is 0.372 e. The number of carbonyl (C=O) groups excluding carboxylic acids is 1. The van der Waals surface area contributed by atoms with Crippen LogP contribution in [-0.4, -0.2) is 29.2 Å². The van der Waals surface area contributed by atoms with E-state index in [0.717, 1.165) is 24.3 Å². The molecule has 20 heavy (non-hydrogen) atoms. The molecular weight excluding hydrogens is 252 g/mol. The van der Waals surface area contributed by atoms with Crippen LogP contribution in [0.25, 0.3) is 0 Å². The van der Waals surface area contributed by atoms with E-state index in [0.29, 0.717) is 12.1 Å². The van der Waals surface area contributed by atoms with E-state index in [-0.39, 0.29) is 5.91 Å². The number of hydrogen-bond donors (Lipinski definition) is 2. The van der Waals surface area contributed by atoms with E-state index in [4.69, 9.17) is 0 Å². The van der Waals surface area contributed by atoms with Crippen LogP contribution in [-0.2, 0) is 6.54 Å². The summed E-state index contributed by atoms with van der Waals surface area (Å²) in [5.74, 6) is -0.0719. The fourth-order valence-electron chi connectivity index (χ4n) is 2.07. The van der Waals surface area contributed by atoms with Gasteiger partial charge >= 0.3 is 0 Å². The Morgan fingerprint density at radius 2 is 1.95 bits per heavy atom. The number of nitrogens with one attached hydrogen (secondary N) is 2. The van der Waals surface area contributed by atoms with E-state index in [1.165, 1.54) is 0 Å². The Morgan fingerprint density at radius 3 is 2.50 bits per heavy atom. The number of nitrogens with zero attached hydrogens (tertiary/aromatic N) is 2. The summed E-state index contributed by atoms with van der Waals surface area (Å²) >= 11 is 0. The molecule has 106 valence electrons. The number of carbonyl (C=O) groups is 1. The summed E-state index contributed by atoms with van der Waals surface area (Å²) in [4.78, 5) is 14.2. The van der Waals surface area contributed by atoms with Crippen molar-refractivity contribution in [3.8, 4) is 0 Å². The maximum Gasteiger partial charge on any atom is 0.251 e. The lowest BCUT2D eigenvalue weighted by atomic mass is 10.1. The third-order valence-electron chi connectivity index (χ3n) is 3.27. The molecule has 1 aromatic heterocycles. The number of benzene rings is 1. The lowest BCUT2D eigenvalue weighted by molar-refractivity contribution is 0.0951. The second kappa shape index (κ2) is 6.75. The first-order chi connectivity index (χ1) is 9.74. The summed E-state index contributed by atoms with van der Waals surface area (Å²) < 4.78 is 0. The van der Waals surface area contributed by atoms with Crippen molar-refractivity contribution in [1.29, 1.82) is 0 Å². The molecule has 2 rings (SSSR count). The predicted octanol–water partition coefficient (Wildman–Crippen LogP) is 2.19. The van der Waals surface area contributed by atoms with Crippen molar-refractivity contribution in [2.24, 2.45) is 0 Å². The molecule has 0 fully saturated rings. The fraction of sp³-hybridized carbons (Fsp3) is 0.333. The summed E-state index contributed by atoms with van der Waals surface area (Å²) in [6.07, 6.45) is 3.47. The van der Waals surface area contributed by atoms with Crippen molar-refractivity contribution in [2.45, 2.75) is 20.4 Å². The van der Waals surface area contributed by atoms with Gasteiger partial charge in [-0.25, -0.2) is 0 Å². The van der Waals surface area contributed by atoms with Gasteiger partial charge in [-0.2, -0.15) is 5.10 Å². The van der Waals surface area contributed by atoms with E-state index in [1.54, 1.807) is 12.4 Å². The average Bonchev–Trinajstić information content (AvgIpc) is 3.00. The molecule has 0 aliphatic carbocycles. The van der Waals surface area contributed by atoms with Gasteiger partial charge < -0.3 is 10.2 Å². The third kappa shape index (κ3) is 3.38. The SMILES string of the molecule is CCN(CC)c1ccc(C(=O)NCc2cn[nH]c2)cc1.